The standard InChI is InChI=1S/C24H23N5O2/c1-16-25-21(17-5-3-2-4-6-17)15-22(26-16)28-9-11-29(12-10-28)24(31)18-7-8-20-19(13-18)14-23(30)27-20/h2-8,13,15H,9-12,14H2,1H3,(H,27,30). The molecule has 0 unspecified atom stereocenters. The maximum Gasteiger partial charge on any atom is 0.253 e. The molecule has 2 aromatic carbocycles. The van der Waals surface area contributed by atoms with Gasteiger partial charge in [-0.1, -0.05) is 30.3 Å². The number of anilines is 2. The number of hydrogen-bond acceptors (Lipinski definition) is 5. The van der Waals surface area contributed by atoms with Gasteiger partial charge in [0.15, 0.2) is 0 Å². The van der Waals surface area contributed by atoms with Gasteiger partial charge < -0.3 is 15.1 Å². The monoisotopic (exact) mass is 413 g/mol. The summed E-state index contributed by atoms with van der Waals surface area (Å²) in [6.07, 6.45) is 0.334. The number of benzene rings is 2. The number of nitrogens with zero attached hydrogens (tertiary/aromatic N) is 4. The molecular formula is C24H23N5O2. The number of carbonyl (C=O) groups excluding carboxylic acids is 2. The lowest BCUT2D eigenvalue weighted by Gasteiger charge is -2.35. The van der Waals surface area contributed by atoms with Crippen LogP contribution in [0.1, 0.15) is 21.7 Å². The molecule has 3 aromatic rings. The summed E-state index contributed by atoms with van der Waals surface area (Å²) in [5, 5.41) is 2.81. The molecule has 0 spiro atoms. The highest BCUT2D eigenvalue weighted by Crippen LogP contribution is 2.26. The topological polar surface area (TPSA) is 78.4 Å². The molecule has 0 aliphatic carbocycles. The predicted molar refractivity (Wildman–Crippen MR) is 119 cm³/mol. The van der Waals surface area contributed by atoms with Crippen molar-refractivity contribution in [1.82, 2.24) is 14.9 Å². The van der Waals surface area contributed by atoms with Crippen molar-refractivity contribution >= 4 is 23.3 Å². The Balaban J connectivity index is 1.29. The smallest absolute Gasteiger partial charge is 0.253 e. The van der Waals surface area contributed by atoms with E-state index in [1.165, 1.54) is 0 Å². The maximum atomic E-state index is 13.0. The Morgan fingerprint density at radius 3 is 2.52 bits per heavy atom. The van der Waals surface area contributed by atoms with Crippen LogP contribution in [0.3, 0.4) is 0 Å². The van der Waals surface area contributed by atoms with Crippen molar-refractivity contribution in [3.05, 3.63) is 71.5 Å². The summed E-state index contributed by atoms with van der Waals surface area (Å²) in [6.45, 7) is 4.57. The summed E-state index contributed by atoms with van der Waals surface area (Å²) in [7, 11) is 0. The minimum Gasteiger partial charge on any atom is -0.353 e. The summed E-state index contributed by atoms with van der Waals surface area (Å²) in [6, 6.07) is 17.5. The first kappa shape index (κ1) is 19.2. The van der Waals surface area contributed by atoms with E-state index in [0.717, 1.165) is 34.2 Å². The van der Waals surface area contributed by atoms with Gasteiger partial charge in [0, 0.05) is 49.1 Å². The Morgan fingerprint density at radius 2 is 1.74 bits per heavy atom. The van der Waals surface area contributed by atoms with Crippen molar-refractivity contribution in [2.75, 3.05) is 36.4 Å². The van der Waals surface area contributed by atoms with Crippen LogP contribution in [0.5, 0.6) is 0 Å². The Kier molecular flexibility index (Phi) is 4.86. The lowest BCUT2D eigenvalue weighted by Crippen LogP contribution is -2.49. The van der Waals surface area contributed by atoms with Crippen LogP contribution in [0, 0.1) is 6.92 Å². The third-order valence-corrected chi connectivity index (χ3v) is 5.76. The second kappa shape index (κ2) is 7.83. The van der Waals surface area contributed by atoms with Gasteiger partial charge in [0.05, 0.1) is 12.1 Å². The molecule has 7 nitrogen and oxygen atoms in total. The van der Waals surface area contributed by atoms with Crippen LogP contribution in [0.2, 0.25) is 0 Å². The number of carbonyl (C=O) groups is 2. The third kappa shape index (κ3) is 3.86. The van der Waals surface area contributed by atoms with E-state index in [1.54, 1.807) is 6.07 Å². The van der Waals surface area contributed by atoms with E-state index in [2.05, 4.69) is 20.2 Å². The highest BCUT2D eigenvalue weighted by molar-refractivity contribution is 6.01. The molecular weight excluding hydrogens is 390 g/mol. The maximum absolute atomic E-state index is 13.0. The van der Waals surface area contributed by atoms with E-state index >= 15 is 0 Å². The number of rotatable bonds is 3. The van der Waals surface area contributed by atoms with Gasteiger partial charge in [0.2, 0.25) is 5.91 Å². The number of hydrogen-bond donors (Lipinski definition) is 1. The quantitative estimate of drug-likeness (QED) is 0.714. The van der Waals surface area contributed by atoms with E-state index < -0.39 is 0 Å². The Labute approximate surface area is 180 Å². The van der Waals surface area contributed by atoms with Crippen LogP contribution >= 0.6 is 0 Å². The number of aryl methyl sites for hydroxylation is 1. The molecule has 1 saturated heterocycles. The van der Waals surface area contributed by atoms with Crippen molar-refractivity contribution in [3.63, 3.8) is 0 Å². The summed E-state index contributed by atoms with van der Waals surface area (Å²) in [5.41, 5.74) is 4.29. The van der Waals surface area contributed by atoms with Crippen LogP contribution < -0.4 is 10.2 Å². The van der Waals surface area contributed by atoms with E-state index in [1.807, 2.05) is 60.4 Å². The fourth-order valence-corrected chi connectivity index (χ4v) is 4.15. The van der Waals surface area contributed by atoms with Gasteiger partial charge in [0.25, 0.3) is 5.91 Å². The first-order valence-corrected chi connectivity index (χ1v) is 10.4. The first-order valence-electron chi connectivity index (χ1n) is 10.4. The molecule has 0 radical (unpaired) electrons. The first-order chi connectivity index (χ1) is 15.1. The zero-order valence-corrected chi connectivity index (χ0v) is 17.3. The molecule has 0 saturated carbocycles. The van der Waals surface area contributed by atoms with Crippen LogP contribution in [0.15, 0.2) is 54.6 Å². The zero-order valence-electron chi connectivity index (χ0n) is 17.3. The molecule has 1 aromatic heterocycles. The number of nitrogens with one attached hydrogen (secondary N) is 1. The minimum absolute atomic E-state index is 0.00522. The van der Waals surface area contributed by atoms with Gasteiger partial charge >= 0.3 is 0 Å². The van der Waals surface area contributed by atoms with Gasteiger partial charge in [-0.15, -0.1) is 0 Å². The van der Waals surface area contributed by atoms with E-state index in [9.17, 15) is 9.59 Å². The third-order valence-electron chi connectivity index (χ3n) is 5.76. The molecule has 2 aliphatic rings. The van der Waals surface area contributed by atoms with Crippen molar-refractivity contribution < 1.29 is 9.59 Å². The molecule has 2 amide bonds. The second-order valence-electron chi connectivity index (χ2n) is 7.90. The lowest BCUT2D eigenvalue weighted by atomic mass is 10.1. The average Bonchev–Trinajstić information content (AvgIpc) is 3.18. The predicted octanol–water partition coefficient (Wildman–Crippen LogP) is 2.91. The van der Waals surface area contributed by atoms with Crippen LogP contribution in [-0.2, 0) is 11.2 Å². The number of aromatic nitrogens is 2. The van der Waals surface area contributed by atoms with E-state index in [0.29, 0.717) is 38.2 Å². The fraction of sp³-hybridized carbons (Fsp3) is 0.250. The van der Waals surface area contributed by atoms with Crippen LogP contribution in [0.4, 0.5) is 11.5 Å². The van der Waals surface area contributed by atoms with Gasteiger partial charge in [0.1, 0.15) is 11.6 Å². The molecule has 31 heavy (non-hydrogen) atoms. The summed E-state index contributed by atoms with van der Waals surface area (Å²) in [5.74, 6) is 1.60. The molecule has 1 N–H and O–H groups in total. The van der Waals surface area contributed by atoms with Crippen molar-refractivity contribution in [1.29, 1.82) is 0 Å². The normalized spacial score (nSPS) is 15.6. The van der Waals surface area contributed by atoms with Crippen molar-refractivity contribution in [2.24, 2.45) is 0 Å². The highest BCUT2D eigenvalue weighted by Gasteiger charge is 2.25. The summed E-state index contributed by atoms with van der Waals surface area (Å²) < 4.78 is 0. The van der Waals surface area contributed by atoms with Gasteiger partial charge in [-0.2, -0.15) is 0 Å². The minimum atomic E-state index is -0.0248. The average molecular weight is 413 g/mol. The zero-order chi connectivity index (χ0) is 21.4. The SMILES string of the molecule is Cc1nc(-c2ccccc2)cc(N2CCN(C(=O)c3ccc4c(c3)CC(=O)N4)CC2)n1. The second-order valence-corrected chi connectivity index (χ2v) is 7.90. The largest absolute Gasteiger partial charge is 0.353 e. The molecule has 0 atom stereocenters. The molecule has 3 heterocycles. The highest BCUT2D eigenvalue weighted by atomic mass is 16.2. The fourth-order valence-electron chi connectivity index (χ4n) is 4.15. The van der Waals surface area contributed by atoms with Gasteiger partial charge in [-0.25, -0.2) is 9.97 Å². The van der Waals surface area contributed by atoms with Gasteiger partial charge in [-0.3, -0.25) is 9.59 Å². The van der Waals surface area contributed by atoms with Crippen LogP contribution in [0.25, 0.3) is 11.3 Å². The van der Waals surface area contributed by atoms with E-state index in [-0.39, 0.29) is 11.8 Å². The number of amides is 2. The van der Waals surface area contributed by atoms with E-state index in [4.69, 9.17) is 0 Å². The molecule has 2 aliphatic heterocycles. The molecule has 0 bridgehead atoms. The van der Waals surface area contributed by atoms with Crippen LogP contribution in [-0.4, -0.2) is 52.9 Å². The molecule has 7 heteroatoms. The van der Waals surface area contributed by atoms with Gasteiger partial charge in [-0.05, 0) is 30.7 Å². The molecule has 5 rings (SSSR count). The Hall–Kier alpha value is -3.74. The number of fused-ring (bicyclic) bond motifs is 1. The Bertz CT molecular complexity index is 1150. The van der Waals surface area contributed by atoms with Crippen molar-refractivity contribution in [3.8, 4) is 11.3 Å². The Morgan fingerprint density at radius 1 is 0.968 bits per heavy atom. The molecule has 1 fully saturated rings. The molecule has 156 valence electrons. The lowest BCUT2D eigenvalue weighted by molar-refractivity contribution is -0.115. The number of piperazine rings is 1. The van der Waals surface area contributed by atoms with Crippen molar-refractivity contribution in [2.45, 2.75) is 13.3 Å². The summed E-state index contributed by atoms with van der Waals surface area (Å²) in [4.78, 5) is 37.9. The summed E-state index contributed by atoms with van der Waals surface area (Å²) >= 11 is 0.